The quantitative estimate of drug-likeness (QED) is 0.753. The van der Waals surface area contributed by atoms with E-state index in [1.165, 1.54) is 12.1 Å². The minimum absolute atomic E-state index is 0.0126. The van der Waals surface area contributed by atoms with E-state index in [2.05, 4.69) is 21.2 Å². The van der Waals surface area contributed by atoms with Gasteiger partial charge in [0, 0.05) is 20.6 Å². The Morgan fingerprint density at radius 3 is 2.50 bits per heavy atom. The van der Waals surface area contributed by atoms with Gasteiger partial charge in [-0.15, -0.1) is 0 Å². The van der Waals surface area contributed by atoms with Crippen molar-refractivity contribution < 1.29 is 4.39 Å². The van der Waals surface area contributed by atoms with Crippen molar-refractivity contribution in [3.8, 4) is 0 Å². The average molecular weight is 377 g/mol. The lowest BCUT2D eigenvalue weighted by Gasteiger charge is -2.19. The van der Waals surface area contributed by atoms with Gasteiger partial charge in [-0.2, -0.15) is 0 Å². The van der Waals surface area contributed by atoms with Crippen molar-refractivity contribution in [2.24, 2.45) is 0 Å². The van der Waals surface area contributed by atoms with Gasteiger partial charge in [-0.25, -0.2) is 4.39 Å². The molecule has 0 spiro atoms. The minimum Gasteiger partial charge on any atom is -0.313 e. The van der Waals surface area contributed by atoms with Crippen LogP contribution < -0.4 is 5.32 Å². The number of rotatable bonds is 4. The van der Waals surface area contributed by atoms with Crippen molar-refractivity contribution >= 4 is 39.1 Å². The summed E-state index contributed by atoms with van der Waals surface area (Å²) in [6.07, 6.45) is 0.636. The summed E-state index contributed by atoms with van der Waals surface area (Å²) in [6, 6.07) is 10.2. The standard InChI is InChI=1S/C15H13BrCl2FN/c1-20-15(12-5-3-10(16)7-14(12)18)6-9-2-4-11(19)8-13(9)17/h2-5,7-8,15,20H,6H2,1H3. The van der Waals surface area contributed by atoms with E-state index in [4.69, 9.17) is 23.2 Å². The molecule has 1 N–H and O–H groups in total. The van der Waals surface area contributed by atoms with E-state index in [0.717, 1.165) is 15.6 Å². The highest BCUT2D eigenvalue weighted by Crippen LogP contribution is 2.30. The Labute approximate surface area is 136 Å². The van der Waals surface area contributed by atoms with Gasteiger partial charge < -0.3 is 5.32 Å². The molecular formula is C15H13BrCl2FN. The zero-order valence-electron chi connectivity index (χ0n) is 10.8. The van der Waals surface area contributed by atoms with E-state index in [1.807, 2.05) is 25.2 Å². The van der Waals surface area contributed by atoms with E-state index in [1.54, 1.807) is 6.07 Å². The van der Waals surface area contributed by atoms with Crippen molar-refractivity contribution in [1.82, 2.24) is 5.32 Å². The van der Waals surface area contributed by atoms with E-state index in [-0.39, 0.29) is 11.9 Å². The fourth-order valence-corrected chi connectivity index (χ4v) is 3.11. The van der Waals surface area contributed by atoms with Crippen LogP contribution in [0.3, 0.4) is 0 Å². The average Bonchev–Trinajstić information content (AvgIpc) is 2.39. The summed E-state index contributed by atoms with van der Waals surface area (Å²) in [5.74, 6) is -0.332. The molecule has 0 aliphatic rings. The van der Waals surface area contributed by atoms with Crippen molar-refractivity contribution in [3.05, 3.63) is 67.9 Å². The van der Waals surface area contributed by atoms with Crippen LogP contribution in [0.2, 0.25) is 10.0 Å². The topological polar surface area (TPSA) is 12.0 Å². The Bertz CT molecular complexity index is 619. The highest BCUT2D eigenvalue weighted by Gasteiger charge is 2.15. The maximum Gasteiger partial charge on any atom is 0.124 e. The molecule has 1 atom stereocenters. The van der Waals surface area contributed by atoms with Crippen LogP contribution in [0.1, 0.15) is 17.2 Å². The molecule has 0 saturated heterocycles. The first-order valence-corrected chi connectivity index (χ1v) is 7.62. The second-order valence-electron chi connectivity index (χ2n) is 4.45. The summed E-state index contributed by atoms with van der Waals surface area (Å²) >= 11 is 15.7. The van der Waals surface area contributed by atoms with Crippen LogP contribution in [0.15, 0.2) is 40.9 Å². The normalized spacial score (nSPS) is 12.4. The highest BCUT2D eigenvalue weighted by molar-refractivity contribution is 9.10. The largest absolute Gasteiger partial charge is 0.313 e. The smallest absolute Gasteiger partial charge is 0.124 e. The fraction of sp³-hybridized carbons (Fsp3) is 0.200. The molecule has 0 bridgehead atoms. The Kier molecular flexibility index (Phi) is 5.44. The number of likely N-dealkylation sites (N-methyl/N-ethyl adjacent to an activating group) is 1. The Hall–Kier alpha value is -0.610. The number of benzene rings is 2. The van der Waals surface area contributed by atoms with Gasteiger partial charge in [0.1, 0.15) is 5.82 Å². The van der Waals surface area contributed by atoms with E-state index < -0.39 is 0 Å². The molecule has 20 heavy (non-hydrogen) atoms. The first-order chi connectivity index (χ1) is 9.51. The predicted molar refractivity (Wildman–Crippen MR) is 86.1 cm³/mol. The lowest BCUT2D eigenvalue weighted by Crippen LogP contribution is -2.19. The molecule has 0 amide bonds. The Morgan fingerprint density at radius 2 is 1.90 bits per heavy atom. The molecule has 1 nitrogen and oxygen atoms in total. The molecular weight excluding hydrogens is 364 g/mol. The zero-order chi connectivity index (χ0) is 14.7. The number of halogens is 4. The predicted octanol–water partition coefficient (Wildman–Crippen LogP) is 5.40. The summed E-state index contributed by atoms with van der Waals surface area (Å²) in [6.45, 7) is 0. The molecule has 2 rings (SSSR count). The van der Waals surface area contributed by atoms with Crippen molar-refractivity contribution in [2.75, 3.05) is 7.05 Å². The van der Waals surface area contributed by atoms with Crippen LogP contribution in [0.25, 0.3) is 0 Å². The molecule has 5 heteroatoms. The third kappa shape index (κ3) is 3.73. The third-order valence-electron chi connectivity index (χ3n) is 3.13. The molecule has 1 unspecified atom stereocenters. The zero-order valence-corrected chi connectivity index (χ0v) is 13.9. The van der Waals surface area contributed by atoms with Crippen LogP contribution in [-0.4, -0.2) is 7.05 Å². The highest BCUT2D eigenvalue weighted by atomic mass is 79.9. The van der Waals surface area contributed by atoms with Gasteiger partial charge in [-0.3, -0.25) is 0 Å². The lowest BCUT2D eigenvalue weighted by molar-refractivity contribution is 0.589. The molecule has 2 aromatic rings. The summed E-state index contributed by atoms with van der Waals surface area (Å²) in [5, 5.41) is 4.32. The van der Waals surface area contributed by atoms with Crippen molar-refractivity contribution in [1.29, 1.82) is 0 Å². The van der Waals surface area contributed by atoms with Crippen LogP contribution in [0.4, 0.5) is 4.39 Å². The van der Waals surface area contributed by atoms with Crippen molar-refractivity contribution in [2.45, 2.75) is 12.5 Å². The van der Waals surface area contributed by atoms with E-state index in [9.17, 15) is 4.39 Å². The molecule has 0 radical (unpaired) electrons. The Balaban J connectivity index is 2.28. The summed E-state index contributed by atoms with van der Waals surface area (Å²) in [7, 11) is 1.86. The molecule has 106 valence electrons. The minimum atomic E-state index is -0.332. The van der Waals surface area contributed by atoms with Crippen LogP contribution in [-0.2, 0) is 6.42 Å². The number of hydrogen-bond acceptors (Lipinski definition) is 1. The summed E-state index contributed by atoms with van der Waals surface area (Å²) in [5.41, 5.74) is 1.86. The maximum absolute atomic E-state index is 13.1. The Morgan fingerprint density at radius 1 is 1.15 bits per heavy atom. The monoisotopic (exact) mass is 375 g/mol. The molecule has 0 aliphatic heterocycles. The summed E-state index contributed by atoms with van der Waals surface area (Å²) < 4.78 is 14.0. The molecule has 0 heterocycles. The van der Waals surface area contributed by atoms with Gasteiger partial charge in [0.05, 0.1) is 0 Å². The van der Waals surface area contributed by atoms with E-state index in [0.29, 0.717) is 16.5 Å². The molecule has 0 saturated carbocycles. The van der Waals surface area contributed by atoms with E-state index >= 15 is 0 Å². The lowest BCUT2D eigenvalue weighted by atomic mass is 9.99. The maximum atomic E-state index is 13.1. The van der Waals surface area contributed by atoms with Gasteiger partial charge in [0.25, 0.3) is 0 Å². The molecule has 2 aromatic carbocycles. The third-order valence-corrected chi connectivity index (χ3v) is 4.30. The van der Waals surface area contributed by atoms with Gasteiger partial charge >= 0.3 is 0 Å². The van der Waals surface area contributed by atoms with Gasteiger partial charge in [-0.1, -0.05) is 51.3 Å². The van der Waals surface area contributed by atoms with Crippen LogP contribution in [0, 0.1) is 5.82 Å². The first-order valence-electron chi connectivity index (χ1n) is 6.07. The van der Waals surface area contributed by atoms with Crippen LogP contribution >= 0.6 is 39.1 Å². The molecule has 0 aliphatic carbocycles. The van der Waals surface area contributed by atoms with Gasteiger partial charge in [-0.05, 0) is 48.9 Å². The second-order valence-corrected chi connectivity index (χ2v) is 6.18. The SMILES string of the molecule is CNC(Cc1ccc(F)cc1Cl)c1ccc(Br)cc1Cl. The fourth-order valence-electron chi connectivity index (χ4n) is 2.06. The summed E-state index contributed by atoms with van der Waals surface area (Å²) in [4.78, 5) is 0. The number of nitrogens with one attached hydrogen (secondary N) is 1. The first kappa shape index (κ1) is 15.8. The van der Waals surface area contributed by atoms with Gasteiger partial charge in [0.15, 0.2) is 0 Å². The van der Waals surface area contributed by atoms with Crippen LogP contribution in [0.5, 0.6) is 0 Å². The molecule has 0 fully saturated rings. The van der Waals surface area contributed by atoms with Gasteiger partial charge in [0.2, 0.25) is 0 Å². The van der Waals surface area contributed by atoms with Crippen molar-refractivity contribution in [3.63, 3.8) is 0 Å². The second kappa shape index (κ2) is 6.90. The number of hydrogen-bond donors (Lipinski definition) is 1. The molecule has 0 aromatic heterocycles.